The number of pyridine rings is 2. The van der Waals surface area contributed by atoms with Gasteiger partial charge in [0.05, 0.1) is 12.6 Å². The Morgan fingerprint density at radius 2 is 1.89 bits per heavy atom. The first-order valence-corrected chi connectivity index (χ1v) is 5.69. The van der Waals surface area contributed by atoms with Crippen molar-refractivity contribution in [3.63, 3.8) is 0 Å². The van der Waals surface area contributed by atoms with Gasteiger partial charge in [0, 0.05) is 5.69 Å². The van der Waals surface area contributed by atoms with Crippen LogP contribution >= 0.6 is 0 Å². The highest BCUT2D eigenvalue weighted by Crippen LogP contribution is 2.27. The monoisotopic (exact) mass is 262 g/mol. The first-order valence-electron chi connectivity index (χ1n) is 5.69. The van der Waals surface area contributed by atoms with Crippen LogP contribution in [0, 0.1) is 20.8 Å². The summed E-state index contributed by atoms with van der Waals surface area (Å²) in [5.41, 5.74) is 1.97. The Balaban J connectivity index is 2.98. The van der Waals surface area contributed by atoms with Crippen molar-refractivity contribution < 1.29 is 14.6 Å². The van der Waals surface area contributed by atoms with Gasteiger partial charge in [-0.15, -0.1) is 0 Å². The van der Waals surface area contributed by atoms with Gasteiger partial charge in [-0.1, -0.05) is 0 Å². The minimum Gasteiger partial charge on any atom is -0.505 e. The molecule has 6 nitrogen and oxygen atoms in total. The van der Waals surface area contributed by atoms with Crippen LogP contribution in [0.4, 0.5) is 0 Å². The Hall–Kier alpha value is -2.37. The van der Waals surface area contributed by atoms with E-state index in [0.717, 1.165) is 23.9 Å². The maximum atomic E-state index is 11.9. The molecule has 0 aromatic carbocycles. The van der Waals surface area contributed by atoms with Gasteiger partial charge in [-0.25, -0.2) is 9.78 Å². The molecule has 0 aliphatic carbocycles. The molecule has 19 heavy (non-hydrogen) atoms. The minimum absolute atomic E-state index is 0.195. The molecule has 2 aromatic heterocycles. The Morgan fingerprint density at radius 1 is 1.26 bits per heavy atom. The Labute approximate surface area is 109 Å². The molecule has 0 unspecified atom stereocenters. The maximum Gasteiger partial charge on any atom is 0.347 e. The van der Waals surface area contributed by atoms with Gasteiger partial charge in [-0.2, -0.15) is 0 Å². The highest BCUT2D eigenvalue weighted by molar-refractivity contribution is 5.98. The van der Waals surface area contributed by atoms with E-state index in [2.05, 4.69) is 14.7 Å². The molecule has 0 spiro atoms. The Morgan fingerprint density at radius 3 is 2.47 bits per heavy atom. The van der Waals surface area contributed by atoms with Gasteiger partial charge in [0.1, 0.15) is 5.52 Å². The molecule has 0 atom stereocenters. The van der Waals surface area contributed by atoms with Gasteiger partial charge in [-0.3, -0.25) is 4.79 Å². The fraction of sp³-hybridized carbons (Fsp3) is 0.308. The van der Waals surface area contributed by atoms with Gasteiger partial charge >= 0.3 is 5.97 Å². The molecule has 0 radical (unpaired) electrons. The van der Waals surface area contributed by atoms with Crippen LogP contribution in [0.5, 0.6) is 5.75 Å². The van der Waals surface area contributed by atoms with Crippen molar-refractivity contribution in [2.45, 2.75) is 20.8 Å². The zero-order valence-corrected chi connectivity index (χ0v) is 11.1. The minimum atomic E-state index is -0.890. The smallest absolute Gasteiger partial charge is 0.347 e. The number of nitrogens with zero attached hydrogens (tertiary/aromatic N) is 1. The number of hydrogen-bond acceptors (Lipinski definition) is 5. The molecule has 0 fully saturated rings. The van der Waals surface area contributed by atoms with E-state index in [1.807, 2.05) is 13.8 Å². The number of rotatable bonds is 1. The standard InChI is InChI=1S/C13H14N2O4/c1-5-6(2)9-10(14-7(5)3)11(16)8(12(17)15-9)13(18)19-4/h1-4H3,(H2,15,16,17). The average molecular weight is 262 g/mol. The van der Waals surface area contributed by atoms with Crippen molar-refractivity contribution in [1.82, 2.24) is 9.97 Å². The lowest BCUT2D eigenvalue weighted by atomic mass is 10.1. The number of carbonyl (C=O) groups is 1. The largest absolute Gasteiger partial charge is 0.505 e. The second-order valence-corrected chi connectivity index (χ2v) is 4.34. The van der Waals surface area contributed by atoms with E-state index < -0.39 is 22.8 Å². The number of H-pyrrole nitrogens is 1. The Kier molecular flexibility index (Phi) is 3.01. The van der Waals surface area contributed by atoms with Crippen LogP contribution in [0.2, 0.25) is 0 Å². The van der Waals surface area contributed by atoms with Crippen LogP contribution < -0.4 is 5.56 Å². The number of methoxy groups -OCH3 is 1. The van der Waals surface area contributed by atoms with Gasteiger partial charge in [0.15, 0.2) is 11.3 Å². The van der Waals surface area contributed by atoms with Gasteiger partial charge in [-0.05, 0) is 31.9 Å². The highest BCUT2D eigenvalue weighted by atomic mass is 16.5. The lowest BCUT2D eigenvalue weighted by molar-refractivity contribution is 0.0595. The van der Waals surface area contributed by atoms with E-state index in [-0.39, 0.29) is 5.52 Å². The summed E-state index contributed by atoms with van der Waals surface area (Å²) in [7, 11) is 1.14. The van der Waals surface area contributed by atoms with Crippen molar-refractivity contribution in [2.24, 2.45) is 0 Å². The summed E-state index contributed by atoms with van der Waals surface area (Å²) >= 11 is 0. The van der Waals surface area contributed by atoms with Crippen LogP contribution in [0.25, 0.3) is 11.0 Å². The molecule has 0 aliphatic rings. The van der Waals surface area contributed by atoms with E-state index in [1.54, 1.807) is 6.92 Å². The number of carbonyl (C=O) groups excluding carboxylic acids is 1. The quantitative estimate of drug-likeness (QED) is 0.756. The SMILES string of the molecule is COC(=O)c1c(O)c2nc(C)c(C)c(C)c2[nH]c1=O. The summed E-state index contributed by atoms with van der Waals surface area (Å²) in [4.78, 5) is 30.2. The molecule has 2 N–H and O–H groups in total. The highest BCUT2D eigenvalue weighted by Gasteiger charge is 2.22. The molecule has 2 aromatic rings. The summed E-state index contributed by atoms with van der Waals surface area (Å²) in [5.74, 6) is -1.34. The number of ether oxygens (including phenoxy) is 1. The summed E-state index contributed by atoms with van der Waals surface area (Å²) in [6.07, 6.45) is 0. The number of aromatic nitrogens is 2. The van der Waals surface area contributed by atoms with Crippen LogP contribution in [-0.2, 0) is 4.74 Å². The van der Waals surface area contributed by atoms with Crippen molar-refractivity contribution >= 4 is 17.0 Å². The third kappa shape index (κ3) is 1.85. The summed E-state index contributed by atoms with van der Waals surface area (Å²) in [5, 5.41) is 10.1. The normalized spacial score (nSPS) is 10.7. The summed E-state index contributed by atoms with van der Waals surface area (Å²) in [6.45, 7) is 5.49. The number of hydrogen-bond donors (Lipinski definition) is 2. The second-order valence-electron chi connectivity index (χ2n) is 4.34. The van der Waals surface area contributed by atoms with Crippen molar-refractivity contribution in [2.75, 3.05) is 7.11 Å². The fourth-order valence-electron chi connectivity index (χ4n) is 1.96. The first kappa shape index (κ1) is 13.1. The molecule has 2 heterocycles. The molecule has 0 saturated carbocycles. The molecular formula is C13H14N2O4. The van der Waals surface area contributed by atoms with E-state index in [9.17, 15) is 14.7 Å². The van der Waals surface area contributed by atoms with E-state index in [1.165, 1.54) is 0 Å². The summed E-state index contributed by atoms with van der Waals surface area (Å²) in [6, 6.07) is 0. The molecule has 2 rings (SSSR count). The van der Waals surface area contributed by atoms with Crippen LogP contribution in [-0.4, -0.2) is 28.2 Å². The number of nitrogens with one attached hydrogen (secondary N) is 1. The molecule has 0 amide bonds. The van der Waals surface area contributed by atoms with Crippen LogP contribution in [0.15, 0.2) is 4.79 Å². The zero-order valence-electron chi connectivity index (χ0n) is 11.1. The predicted octanol–water partition coefficient (Wildman–Crippen LogP) is 1.34. The van der Waals surface area contributed by atoms with Gasteiger partial charge in [0.2, 0.25) is 0 Å². The number of aryl methyl sites for hydroxylation is 2. The molecule has 0 aliphatic heterocycles. The molecule has 0 bridgehead atoms. The molecular weight excluding hydrogens is 248 g/mol. The lowest BCUT2D eigenvalue weighted by Gasteiger charge is -2.11. The molecule has 6 heteroatoms. The van der Waals surface area contributed by atoms with Crippen molar-refractivity contribution in [3.05, 3.63) is 32.7 Å². The van der Waals surface area contributed by atoms with Gasteiger partial charge in [0.25, 0.3) is 5.56 Å². The number of aromatic hydroxyl groups is 1. The predicted molar refractivity (Wildman–Crippen MR) is 69.6 cm³/mol. The van der Waals surface area contributed by atoms with E-state index in [0.29, 0.717) is 5.52 Å². The average Bonchev–Trinajstić information content (AvgIpc) is 2.37. The molecule has 0 saturated heterocycles. The molecule has 100 valence electrons. The topological polar surface area (TPSA) is 92.3 Å². The Bertz CT molecular complexity index is 747. The first-order chi connectivity index (χ1) is 8.88. The van der Waals surface area contributed by atoms with E-state index in [4.69, 9.17) is 0 Å². The number of fused-ring (bicyclic) bond motifs is 1. The third-order valence-electron chi connectivity index (χ3n) is 3.31. The fourth-order valence-corrected chi connectivity index (χ4v) is 1.96. The van der Waals surface area contributed by atoms with Crippen LogP contribution in [0.1, 0.15) is 27.2 Å². The summed E-state index contributed by atoms with van der Waals surface area (Å²) < 4.78 is 4.48. The van der Waals surface area contributed by atoms with Crippen molar-refractivity contribution in [3.8, 4) is 5.75 Å². The van der Waals surface area contributed by atoms with Gasteiger partial charge < -0.3 is 14.8 Å². The van der Waals surface area contributed by atoms with Crippen molar-refractivity contribution in [1.29, 1.82) is 0 Å². The van der Waals surface area contributed by atoms with Crippen LogP contribution in [0.3, 0.4) is 0 Å². The zero-order chi connectivity index (χ0) is 14.3. The second kappa shape index (κ2) is 4.38. The number of esters is 1. The third-order valence-corrected chi connectivity index (χ3v) is 3.31. The lowest BCUT2D eigenvalue weighted by Crippen LogP contribution is -2.20. The van der Waals surface area contributed by atoms with E-state index >= 15 is 0 Å². The maximum absolute atomic E-state index is 11.9. The number of aromatic amines is 1.